The molecule has 1 aromatic heterocycles. The van der Waals surface area contributed by atoms with E-state index in [1.54, 1.807) is 20.4 Å². The molecule has 1 aliphatic rings. The molecule has 1 fully saturated rings. The van der Waals surface area contributed by atoms with Gasteiger partial charge in [0.1, 0.15) is 5.75 Å². The Balaban J connectivity index is 0.000000451. The molecule has 0 bridgehead atoms. The van der Waals surface area contributed by atoms with Crippen molar-refractivity contribution in [1.29, 1.82) is 0 Å². The Bertz CT molecular complexity index is 875. The van der Waals surface area contributed by atoms with E-state index >= 15 is 0 Å². The highest BCUT2D eigenvalue weighted by Crippen LogP contribution is 2.25. The molecule has 174 valence electrons. The lowest BCUT2D eigenvalue weighted by Crippen LogP contribution is -2.42. The van der Waals surface area contributed by atoms with Gasteiger partial charge < -0.3 is 19.5 Å². The summed E-state index contributed by atoms with van der Waals surface area (Å²) in [6.45, 7) is 0.735. The second-order valence-corrected chi connectivity index (χ2v) is 7.11. The van der Waals surface area contributed by atoms with Gasteiger partial charge in [0.2, 0.25) is 5.91 Å². The molecular formula is C22H25F3N2O5. The SMILES string of the molecule is COc1ccc(CC(=O)N2CC[C@@H](OC)[C@@H]2Cc2cccnc2)cc1.O=C(O)C(F)(F)F. The summed E-state index contributed by atoms with van der Waals surface area (Å²) < 4.78 is 42.5. The minimum absolute atomic E-state index is 0.0555. The van der Waals surface area contributed by atoms with Gasteiger partial charge in [-0.25, -0.2) is 4.79 Å². The Morgan fingerprint density at radius 1 is 1.16 bits per heavy atom. The molecule has 1 amide bonds. The molecule has 0 unspecified atom stereocenters. The summed E-state index contributed by atoms with van der Waals surface area (Å²) in [5.41, 5.74) is 2.12. The largest absolute Gasteiger partial charge is 0.497 e. The number of carbonyl (C=O) groups is 2. The fourth-order valence-electron chi connectivity index (χ4n) is 3.43. The van der Waals surface area contributed by atoms with E-state index in [9.17, 15) is 18.0 Å². The van der Waals surface area contributed by atoms with Gasteiger partial charge >= 0.3 is 12.1 Å². The van der Waals surface area contributed by atoms with Gasteiger partial charge in [-0.1, -0.05) is 18.2 Å². The van der Waals surface area contributed by atoms with Crippen LogP contribution < -0.4 is 4.74 Å². The standard InChI is InChI=1S/C20H24N2O3.C2HF3O2/c1-24-17-7-5-15(6-8-17)13-20(23)22-11-9-19(25-2)18(22)12-16-4-3-10-21-14-16;3-2(4,5)1(6)7/h3-8,10,14,18-19H,9,11-13H2,1-2H3;(H,6,7)/t18-,19+;/m0./s1. The van der Waals surface area contributed by atoms with Crippen LogP contribution in [-0.4, -0.2) is 66.0 Å². The Labute approximate surface area is 183 Å². The molecule has 0 spiro atoms. The van der Waals surface area contributed by atoms with E-state index in [-0.39, 0.29) is 18.1 Å². The number of aromatic nitrogens is 1. The normalized spacial score (nSPS) is 18.0. The average Bonchev–Trinajstić information content (AvgIpc) is 3.17. The number of hydrogen-bond acceptors (Lipinski definition) is 5. The fourth-order valence-corrected chi connectivity index (χ4v) is 3.43. The number of amides is 1. The van der Waals surface area contributed by atoms with Gasteiger partial charge in [-0.05, 0) is 42.2 Å². The summed E-state index contributed by atoms with van der Waals surface area (Å²) in [4.78, 5) is 27.9. The van der Waals surface area contributed by atoms with Gasteiger partial charge in [-0.3, -0.25) is 9.78 Å². The number of carboxylic acids is 1. The Hall–Kier alpha value is -3.14. The van der Waals surface area contributed by atoms with Crippen LogP contribution in [0, 0.1) is 0 Å². The maximum Gasteiger partial charge on any atom is 0.490 e. The maximum absolute atomic E-state index is 12.9. The zero-order chi connectivity index (χ0) is 23.7. The molecule has 1 aliphatic heterocycles. The monoisotopic (exact) mass is 454 g/mol. The topological polar surface area (TPSA) is 89.0 Å². The predicted octanol–water partition coefficient (Wildman–Crippen LogP) is 3.12. The number of carbonyl (C=O) groups excluding carboxylic acids is 1. The quantitative estimate of drug-likeness (QED) is 0.722. The van der Waals surface area contributed by atoms with E-state index in [2.05, 4.69) is 4.98 Å². The van der Waals surface area contributed by atoms with Crippen LogP contribution in [0.4, 0.5) is 13.2 Å². The zero-order valence-electron chi connectivity index (χ0n) is 17.7. The molecule has 1 saturated heterocycles. The van der Waals surface area contributed by atoms with E-state index in [1.165, 1.54) is 0 Å². The van der Waals surface area contributed by atoms with Crippen LogP contribution >= 0.6 is 0 Å². The first-order valence-corrected chi connectivity index (χ1v) is 9.80. The molecule has 1 N–H and O–H groups in total. The number of aliphatic carboxylic acids is 1. The minimum atomic E-state index is -5.08. The number of halogens is 3. The molecule has 2 atom stereocenters. The van der Waals surface area contributed by atoms with Crippen molar-refractivity contribution in [3.63, 3.8) is 0 Å². The second-order valence-electron chi connectivity index (χ2n) is 7.11. The Morgan fingerprint density at radius 2 is 1.81 bits per heavy atom. The summed E-state index contributed by atoms with van der Waals surface area (Å²) in [5.74, 6) is -1.82. The second kappa shape index (κ2) is 11.5. The van der Waals surface area contributed by atoms with Crippen LogP contribution in [0.2, 0.25) is 0 Å². The van der Waals surface area contributed by atoms with Gasteiger partial charge in [0.15, 0.2) is 0 Å². The van der Waals surface area contributed by atoms with Crippen LogP contribution in [0.5, 0.6) is 5.75 Å². The van der Waals surface area contributed by atoms with Crippen molar-refractivity contribution in [2.45, 2.75) is 37.6 Å². The van der Waals surface area contributed by atoms with E-state index in [4.69, 9.17) is 19.4 Å². The summed E-state index contributed by atoms with van der Waals surface area (Å²) in [5, 5.41) is 7.12. The highest BCUT2D eigenvalue weighted by molar-refractivity contribution is 5.79. The van der Waals surface area contributed by atoms with Crippen molar-refractivity contribution in [2.75, 3.05) is 20.8 Å². The number of alkyl halides is 3. The van der Waals surface area contributed by atoms with Crippen molar-refractivity contribution in [3.05, 3.63) is 59.9 Å². The number of hydrogen-bond donors (Lipinski definition) is 1. The molecule has 3 rings (SSSR count). The van der Waals surface area contributed by atoms with Gasteiger partial charge in [0.25, 0.3) is 0 Å². The lowest BCUT2D eigenvalue weighted by atomic mass is 10.0. The number of pyridine rings is 1. The van der Waals surface area contributed by atoms with Crippen molar-refractivity contribution >= 4 is 11.9 Å². The fraction of sp³-hybridized carbons (Fsp3) is 0.409. The molecule has 10 heteroatoms. The van der Waals surface area contributed by atoms with Crippen molar-refractivity contribution in [3.8, 4) is 5.75 Å². The number of carboxylic acid groups (broad SMARTS) is 1. The third kappa shape index (κ3) is 7.23. The molecule has 1 aromatic carbocycles. The summed E-state index contributed by atoms with van der Waals surface area (Å²) in [6, 6.07) is 11.7. The molecule has 0 aliphatic carbocycles. The summed E-state index contributed by atoms with van der Waals surface area (Å²) in [6.07, 6.45) is 0.635. The number of ether oxygens (including phenoxy) is 2. The predicted molar refractivity (Wildman–Crippen MR) is 109 cm³/mol. The van der Waals surface area contributed by atoms with Gasteiger partial charge in [-0.2, -0.15) is 13.2 Å². The lowest BCUT2D eigenvalue weighted by molar-refractivity contribution is -0.192. The minimum Gasteiger partial charge on any atom is -0.497 e. The third-order valence-electron chi connectivity index (χ3n) is 5.03. The van der Waals surface area contributed by atoms with Crippen molar-refractivity contribution < 1.29 is 37.3 Å². The molecule has 2 heterocycles. The molecule has 0 saturated carbocycles. The van der Waals surface area contributed by atoms with Gasteiger partial charge in [0.05, 0.1) is 25.7 Å². The van der Waals surface area contributed by atoms with E-state index in [0.29, 0.717) is 6.42 Å². The number of benzene rings is 1. The first-order valence-electron chi connectivity index (χ1n) is 9.80. The zero-order valence-corrected chi connectivity index (χ0v) is 17.7. The number of nitrogens with zero attached hydrogens (tertiary/aromatic N) is 2. The van der Waals surface area contributed by atoms with Gasteiger partial charge in [-0.15, -0.1) is 0 Å². The van der Waals surface area contributed by atoms with E-state index in [0.717, 1.165) is 36.3 Å². The summed E-state index contributed by atoms with van der Waals surface area (Å²) >= 11 is 0. The highest BCUT2D eigenvalue weighted by Gasteiger charge is 2.38. The summed E-state index contributed by atoms with van der Waals surface area (Å²) in [7, 11) is 3.36. The lowest BCUT2D eigenvalue weighted by Gasteiger charge is -2.28. The molecular weight excluding hydrogens is 429 g/mol. The first kappa shape index (κ1) is 25.1. The maximum atomic E-state index is 12.9. The van der Waals surface area contributed by atoms with Crippen LogP contribution in [0.3, 0.4) is 0 Å². The van der Waals surface area contributed by atoms with Crippen molar-refractivity contribution in [1.82, 2.24) is 9.88 Å². The highest BCUT2D eigenvalue weighted by atomic mass is 19.4. The smallest absolute Gasteiger partial charge is 0.490 e. The van der Waals surface area contributed by atoms with Crippen LogP contribution in [0.25, 0.3) is 0 Å². The number of likely N-dealkylation sites (tertiary alicyclic amines) is 1. The molecule has 7 nitrogen and oxygen atoms in total. The first-order chi connectivity index (χ1) is 15.2. The number of rotatable bonds is 6. The molecule has 0 radical (unpaired) electrons. The van der Waals surface area contributed by atoms with E-state index < -0.39 is 12.1 Å². The van der Waals surface area contributed by atoms with E-state index in [1.807, 2.05) is 47.5 Å². The average molecular weight is 454 g/mol. The van der Waals surface area contributed by atoms with Crippen LogP contribution in [0.1, 0.15) is 17.5 Å². The Kier molecular flexibility index (Phi) is 9.01. The third-order valence-corrected chi connectivity index (χ3v) is 5.03. The van der Waals surface area contributed by atoms with Crippen LogP contribution in [0.15, 0.2) is 48.8 Å². The molecule has 32 heavy (non-hydrogen) atoms. The Morgan fingerprint density at radius 3 is 2.31 bits per heavy atom. The van der Waals surface area contributed by atoms with Gasteiger partial charge in [0, 0.05) is 26.0 Å². The molecule has 2 aromatic rings. The van der Waals surface area contributed by atoms with Crippen LogP contribution in [-0.2, 0) is 27.2 Å². The number of methoxy groups -OCH3 is 2. The van der Waals surface area contributed by atoms with Crippen molar-refractivity contribution in [2.24, 2.45) is 0 Å².